The number of aliphatic hydroxyl groups is 2. The van der Waals surface area contributed by atoms with Gasteiger partial charge in [-0.1, -0.05) is 12.2 Å². The van der Waals surface area contributed by atoms with Crippen LogP contribution in [0.15, 0.2) is 56.7 Å². The second-order valence-electron chi connectivity index (χ2n) is 4.72. The van der Waals surface area contributed by atoms with Gasteiger partial charge in [0.05, 0.1) is 13.2 Å². The van der Waals surface area contributed by atoms with Gasteiger partial charge in [0.2, 0.25) is 0 Å². The summed E-state index contributed by atoms with van der Waals surface area (Å²) in [5.74, 6) is 0. The molecular formula is C14H12O2. The van der Waals surface area contributed by atoms with Crippen molar-refractivity contribution in [3.05, 3.63) is 56.7 Å². The molecule has 0 aromatic rings. The van der Waals surface area contributed by atoms with Crippen LogP contribution in [-0.4, -0.2) is 23.4 Å². The summed E-state index contributed by atoms with van der Waals surface area (Å²) in [6.07, 6.45) is 6.35. The highest BCUT2D eigenvalue weighted by Crippen LogP contribution is 2.58. The molecule has 4 rings (SSSR count). The standard InChI is InChI=1S/C14H12O2/c15-5-11-9-4-10(12(11)6-16)14-8-2-1-7(3-8)13(9)14/h1-2,15-16H,3-6H2. The first kappa shape index (κ1) is 8.74. The number of allylic oxidation sites excluding steroid dienone is 8. The average Bonchev–Trinajstić information content (AvgIpc) is 3.03. The number of fused-ring (bicyclic) bond motifs is 8. The maximum absolute atomic E-state index is 9.42. The van der Waals surface area contributed by atoms with Crippen molar-refractivity contribution in [2.24, 2.45) is 0 Å². The van der Waals surface area contributed by atoms with Crippen LogP contribution < -0.4 is 0 Å². The molecule has 4 aliphatic rings. The molecule has 2 N–H and O–H groups in total. The number of rotatable bonds is 2. The molecule has 4 bridgehead atoms. The van der Waals surface area contributed by atoms with Gasteiger partial charge in [-0.3, -0.25) is 0 Å². The molecule has 0 radical (unpaired) electrons. The SMILES string of the molecule is OCC1=C2CC(=C1CO)C1=C2C2=CC=C1C2. The molecule has 0 saturated carbocycles. The molecule has 2 nitrogen and oxygen atoms in total. The fourth-order valence-electron chi connectivity index (χ4n) is 3.49. The molecule has 2 heteroatoms. The van der Waals surface area contributed by atoms with E-state index in [1.165, 1.54) is 33.4 Å². The van der Waals surface area contributed by atoms with E-state index in [-0.39, 0.29) is 13.2 Å². The van der Waals surface area contributed by atoms with Crippen molar-refractivity contribution >= 4 is 0 Å². The van der Waals surface area contributed by atoms with Gasteiger partial charge >= 0.3 is 0 Å². The Labute approximate surface area is 93.6 Å². The van der Waals surface area contributed by atoms with Gasteiger partial charge in [-0.25, -0.2) is 0 Å². The highest BCUT2D eigenvalue weighted by atomic mass is 16.3. The lowest BCUT2D eigenvalue weighted by Crippen LogP contribution is -2.05. The fourth-order valence-corrected chi connectivity index (χ4v) is 3.49. The van der Waals surface area contributed by atoms with Crippen LogP contribution in [0.1, 0.15) is 12.8 Å². The zero-order valence-corrected chi connectivity index (χ0v) is 8.88. The van der Waals surface area contributed by atoms with E-state index >= 15 is 0 Å². The second-order valence-corrected chi connectivity index (χ2v) is 4.72. The molecule has 4 aliphatic carbocycles. The lowest BCUT2D eigenvalue weighted by atomic mass is 9.91. The quantitative estimate of drug-likeness (QED) is 0.682. The minimum atomic E-state index is 0.0534. The first-order chi connectivity index (χ1) is 7.85. The van der Waals surface area contributed by atoms with Crippen LogP contribution in [0.4, 0.5) is 0 Å². The van der Waals surface area contributed by atoms with E-state index in [2.05, 4.69) is 12.2 Å². The second kappa shape index (κ2) is 2.65. The molecule has 0 unspecified atom stereocenters. The van der Waals surface area contributed by atoms with E-state index in [1.807, 2.05) is 0 Å². The Balaban J connectivity index is 2.02. The van der Waals surface area contributed by atoms with Crippen LogP contribution in [0.25, 0.3) is 0 Å². The topological polar surface area (TPSA) is 40.5 Å². The van der Waals surface area contributed by atoms with Crippen LogP contribution in [0, 0.1) is 0 Å². The molecule has 0 atom stereocenters. The maximum Gasteiger partial charge on any atom is 0.0688 e. The van der Waals surface area contributed by atoms with Crippen LogP contribution in [0.5, 0.6) is 0 Å². The molecule has 16 heavy (non-hydrogen) atoms. The van der Waals surface area contributed by atoms with Crippen LogP contribution in [-0.2, 0) is 0 Å². The van der Waals surface area contributed by atoms with Crippen LogP contribution in [0.2, 0.25) is 0 Å². The van der Waals surface area contributed by atoms with Crippen molar-refractivity contribution in [2.45, 2.75) is 12.8 Å². The van der Waals surface area contributed by atoms with Gasteiger partial charge in [0, 0.05) is 0 Å². The van der Waals surface area contributed by atoms with E-state index in [0.717, 1.165) is 24.0 Å². The summed E-state index contributed by atoms with van der Waals surface area (Å²) in [6, 6.07) is 0. The van der Waals surface area contributed by atoms with Crippen LogP contribution in [0.3, 0.4) is 0 Å². The minimum Gasteiger partial charge on any atom is -0.392 e. The molecule has 0 amide bonds. The predicted molar refractivity (Wildman–Crippen MR) is 60.6 cm³/mol. The first-order valence-electron chi connectivity index (χ1n) is 5.66. The largest absolute Gasteiger partial charge is 0.392 e. The lowest BCUT2D eigenvalue weighted by molar-refractivity contribution is 0.310. The van der Waals surface area contributed by atoms with Gasteiger partial charge < -0.3 is 10.2 Å². The van der Waals surface area contributed by atoms with Gasteiger partial charge in [-0.15, -0.1) is 0 Å². The molecule has 0 fully saturated rings. The summed E-state index contributed by atoms with van der Waals surface area (Å²) < 4.78 is 0. The Hall–Kier alpha value is -1.38. The van der Waals surface area contributed by atoms with Gasteiger partial charge in [0.25, 0.3) is 0 Å². The van der Waals surface area contributed by atoms with Gasteiger partial charge in [-0.05, 0) is 57.4 Å². The Morgan fingerprint density at radius 1 is 0.812 bits per heavy atom. The van der Waals surface area contributed by atoms with Crippen molar-refractivity contribution in [1.29, 1.82) is 0 Å². The highest BCUT2D eigenvalue weighted by molar-refractivity contribution is 5.83. The minimum absolute atomic E-state index is 0.0534. The van der Waals surface area contributed by atoms with Gasteiger partial charge in [0.15, 0.2) is 0 Å². The van der Waals surface area contributed by atoms with Crippen molar-refractivity contribution in [1.82, 2.24) is 0 Å². The normalized spacial score (nSPS) is 24.9. The maximum atomic E-state index is 9.42. The first-order valence-corrected chi connectivity index (χ1v) is 5.66. The summed E-state index contributed by atoms with van der Waals surface area (Å²) in [4.78, 5) is 0. The Morgan fingerprint density at radius 3 is 1.75 bits per heavy atom. The van der Waals surface area contributed by atoms with E-state index in [9.17, 15) is 10.2 Å². The highest BCUT2D eigenvalue weighted by Gasteiger charge is 2.42. The third-order valence-electron chi connectivity index (χ3n) is 4.12. The van der Waals surface area contributed by atoms with E-state index < -0.39 is 0 Å². The molecular weight excluding hydrogens is 200 g/mol. The number of aliphatic hydroxyl groups excluding tert-OH is 2. The molecule has 0 saturated heterocycles. The Kier molecular flexibility index (Phi) is 1.45. The molecule has 0 spiro atoms. The van der Waals surface area contributed by atoms with Crippen molar-refractivity contribution in [2.75, 3.05) is 13.2 Å². The van der Waals surface area contributed by atoms with Crippen molar-refractivity contribution in [3.63, 3.8) is 0 Å². The smallest absolute Gasteiger partial charge is 0.0688 e. The third-order valence-corrected chi connectivity index (χ3v) is 4.12. The average molecular weight is 212 g/mol. The summed E-state index contributed by atoms with van der Waals surface area (Å²) in [5.41, 5.74) is 10.0. The van der Waals surface area contributed by atoms with Gasteiger partial charge in [0.1, 0.15) is 0 Å². The molecule has 0 aromatic heterocycles. The summed E-state index contributed by atoms with van der Waals surface area (Å²) >= 11 is 0. The Morgan fingerprint density at radius 2 is 1.31 bits per heavy atom. The Bertz CT molecular complexity index is 530. The zero-order chi connectivity index (χ0) is 10.9. The summed E-state index contributed by atoms with van der Waals surface area (Å²) in [5, 5.41) is 18.8. The molecule has 0 aliphatic heterocycles. The van der Waals surface area contributed by atoms with E-state index in [4.69, 9.17) is 0 Å². The van der Waals surface area contributed by atoms with Crippen molar-refractivity contribution in [3.8, 4) is 0 Å². The molecule has 0 aromatic carbocycles. The van der Waals surface area contributed by atoms with Crippen LogP contribution >= 0.6 is 0 Å². The number of hydrogen-bond donors (Lipinski definition) is 2. The third kappa shape index (κ3) is 0.751. The van der Waals surface area contributed by atoms with E-state index in [1.54, 1.807) is 0 Å². The predicted octanol–water partition coefficient (Wildman–Crippen LogP) is 1.55. The molecule has 0 heterocycles. The van der Waals surface area contributed by atoms with Crippen molar-refractivity contribution < 1.29 is 10.2 Å². The number of hydrogen-bond acceptors (Lipinski definition) is 2. The van der Waals surface area contributed by atoms with Gasteiger partial charge in [-0.2, -0.15) is 0 Å². The monoisotopic (exact) mass is 212 g/mol. The van der Waals surface area contributed by atoms with E-state index in [0.29, 0.717) is 0 Å². The summed E-state index contributed by atoms with van der Waals surface area (Å²) in [6.45, 7) is 0.107. The zero-order valence-electron chi connectivity index (χ0n) is 8.88. The molecule has 80 valence electrons. The lowest BCUT2D eigenvalue weighted by Gasteiger charge is -2.15. The fraction of sp³-hybridized carbons (Fsp3) is 0.286. The summed E-state index contributed by atoms with van der Waals surface area (Å²) in [7, 11) is 0.